The van der Waals surface area contributed by atoms with Crippen LogP contribution >= 0.6 is 7.82 Å². The number of hydrogen-bond donors (Lipinski definition) is 8. The number of allylic oxidation sites excluding steroid dienone is 4. The molecule has 0 bridgehead atoms. The van der Waals surface area contributed by atoms with Crippen molar-refractivity contribution in [1.82, 2.24) is 25.3 Å². The minimum Gasteiger partial charge on any atom is -0.455 e. The number of likely N-dealkylation sites (tertiary alicyclic amines) is 1. The highest BCUT2D eigenvalue weighted by Crippen LogP contribution is 2.42. The molecule has 1 aromatic rings. The van der Waals surface area contributed by atoms with Gasteiger partial charge in [0.1, 0.15) is 43.1 Å². The molecule has 29 heteroatoms. The van der Waals surface area contributed by atoms with Gasteiger partial charge in [-0.3, -0.25) is 38.2 Å². The van der Waals surface area contributed by atoms with E-state index in [9.17, 15) is 67.7 Å². The molecule has 0 radical (unpaired) electrons. The number of nitrogens with one attached hydrogen (secondary N) is 3. The Labute approximate surface area is 504 Å². The first-order chi connectivity index (χ1) is 41.2. The molecular weight excluding hydrogens is 1160 g/mol. The number of hydrogen-bond acceptors (Lipinski definition) is 19. The van der Waals surface area contributed by atoms with E-state index in [1.807, 2.05) is 0 Å². The van der Waals surface area contributed by atoms with Crippen LogP contribution in [0.3, 0.4) is 0 Å². The number of carbonyl (C=O) groups is 9. The van der Waals surface area contributed by atoms with E-state index in [1.165, 1.54) is 78.3 Å². The summed E-state index contributed by atoms with van der Waals surface area (Å²) in [5.74, 6) is -3.54. The van der Waals surface area contributed by atoms with E-state index >= 15 is 0 Å². The number of imide groups is 1. The molecule has 0 saturated heterocycles. The second-order valence-corrected chi connectivity index (χ2v) is 22.2. The van der Waals surface area contributed by atoms with Crippen LogP contribution in [0.5, 0.6) is 0 Å². The number of piperidine rings is 1. The summed E-state index contributed by atoms with van der Waals surface area (Å²) in [6.07, 6.45) is 10.7. The van der Waals surface area contributed by atoms with Crippen molar-refractivity contribution >= 4 is 67.1 Å². The number of aliphatic hydroxyl groups is 2. The second kappa shape index (κ2) is 36.7. The average Bonchev–Trinajstić information content (AvgIpc) is 1.64. The van der Waals surface area contributed by atoms with Crippen LogP contribution in [0, 0.1) is 5.92 Å². The first-order valence-corrected chi connectivity index (χ1v) is 29.8. The van der Waals surface area contributed by atoms with Gasteiger partial charge in [0.15, 0.2) is 0 Å². The van der Waals surface area contributed by atoms with Gasteiger partial charge in [0, 0.05) is 82.2 Å². The monoisotopic (exact) mass is 1240 g/mol. The number of cyclic esters (lactones) is 1. The molecule has 0 saturated carbocycles. The normalized spacial score (nSPS) is 17.1. The summed E-state index contributed by atoms with van der Waals surface area (Å²) in [4.78, 5) is 135. The van der Waals surface area contributed by atoms with Gasteiger partial charge in [-0.1, -0.05) is 74.9 Å². The van der Waals surface area contributed by atoms with E-state index < -0.39 is 92.0 Å². The number of nitrogens with two attached hydrogens (primary N) is 1. The number of primary amides is 1. The summed E-state index contributed by atoms with van der Waals surface area (Å²) in [6.45, 7) is 6.01. The molecule has 0 fully saturated rings. The Kier molecular flexibility index (Phi) is 30.4. The van der Waals surface area contributed by atoms with E-state index in [1.54, 1.807) is 56.3 Å². The zero-order valence-electron chi connectivity index (χ0n) is 49.6. The molecular formula is C58H82N7O21P. The third kappa shape index (κ3) is 27.5. The van der Waals surface area contributed by atoms with Crippen LogP contribution in [0.25, 0.3) is 0 Å². The molecule has 9 N–H and O–H groups in total. The molecule has 0 aromatic heterocycles. The fourth-order valence-electron chi connectivity index (χ4n) is 8.23. The van der Waals surface area contributed by atoms with Crippen molar-refractivity contribution in [2.45, 2.75) is 115 Å². The number of phosphoric acid groups is 1. The van der Waals surface area contributed by atoms with E-state index in [-0.39, 0.29) is 109 Å². The summed E-state index contributed by atoms with van der Waals surface area (Å²) >= 11 is 0. The largest absolute Gasteiger partial charge is 0.469 e. The van der Waals surface area contributed by atoms with Gasteiger partial charge in [-0.15, -0.1) is 0 Å². The van der Waals surface area contributed by atoms with Crippen LogP contribution in [-0.4, -0.2) is 204 Å². The molecule has 1 aromatic carbocycles. The van der Waals surface area contributed by atoms with Gasteiger partial charge >= 0.3 is 26.0 Å². The molecule has 480 valence electrons. The number of esters is 1. The van der Waals surface area contributed by atoms with Crippen LogP contribution in [0.4, 0.5) is 15.3 Å². The molecule has 0 spiro atoms. The number of benzene rings is 1. The lowest BCUT2D eigenvalue weighted by Gasteiger charge is -2.31. The number of likely N-dealkylation sites (N-methyl/N-ethyl adjacent to an activating group) is 2. The maximum absolute atomic E-state index is 13.6. The number of amides is 8. The summed E-state index contributed by atoms with van der Waals surface area (Å²) in [5, 5.41) is 29.7. The maximum Gasteiger partial charge on any atom is 0.469 e. The molecule has 3 aliphatic rings. The number of nitrogens with zero attached hydrogens (tertiary/aromatic N) is 3. The predicted octanol–water partition coefficient (Wildman–Crippen LogP) is 2.52. The van der Waals surface area contributed by atoms with Crippen molar-refractivity contribution in [3.8, 4) is 0 Å². The lowest BCUT2D eigenvalue weighted by atomic mass is 9.93. The lowest BCUT2D eigenvalue weighted by molar-refractivity contribution is -0.142. The second-order valence-electron chi connectivity index (χ2n) is 21.0. The topological polar surface area (TPSA) is 388 Å². The zero-order chi connectivity index (χ0) is 64.1. The van der Waals surface area contributed by atoms with Gasteiger partial charge < -0.3 is 79.9 Å². The SMILES string of the molecule is CC(C)[C@H](NC(=O)CCOCCOCCOCCN1C(=O)C2=C(C2)C1=O)C(=O)N[C@@H](CCCCC(N)=O)C(=O)Nc1ccc(COC(=O)N(C)CCN(C)C(=O)OC\C=C/C=C\C=C/[C@@H](O)C[C@H](OP(=O)(O)O)[C@@](C)(O)/C=C/[C@@H]2CC=CC(=O)O2)cc1. The summed E-state index contributed by atoms with van der Waals surface area (Å²) in [6, 6.07) is 4.37. The summed E-state index contributed by atoms with van der Waals surface area (Å²) in [7, 11) is -2.12. The Bertz CT molecular complexity index is 2730. The first kappa shape index (κ1) is 72.1. The Morgan fingerprint density at radius 3 is 2.08 bits per heavy atom. The van der Waals surface area contributed by atoms with Gasteiger partial charge in [0.25, 0.3) is 11.8 Å². The summed E-state index contributed by atoms with van der Waals surface area (Å²) in [5.41, 5.74) is 5.46. The Morgan fingerprint density at radius 2 is 1.46 bits per heavy atom. The first-order valence-electron chi connectivity index (χ1n) is 28.3. The number of phosphoric ester groups is 1. The Morgan fingerprint density at radius 1 is 0.839 bits per heavy atom. The third-order valence-electron chi connectivity index (χ3n) is 13.3. The number of anilines is 1. The molecule has 2 heterocycles. The van der Waals surface area contributed by atoms with Gasteiger partial charge in [-0.05, 0) is 55.5 Å². The van der Waals surface area contributed by atoms with Crippen molar-refractivity contribution < 1.29 is 101 Å². The van der Waals surface area contributed by atoms with Crippen molar-refractivity contribution in [2.75, 3.05) is 85.3 Å². The molecule has 0 unspecified atom stereocenters. The van der Waals surface area contributed by atoms with Crippen LogP contribution in [0.2, 0.25) is 0 Å². The number of carbonyl (C=O) groups excluding carboxylic acids is 9. The highest BCUT2D eigenvalue weighted by molar-refractivity contribution is 7.46. The van der Waals surface area contributed by atoms with Crippen LogP contribution in [-0.2, 0) is 77.7 Å². The van der Waals surface area contributed by atoms with Crippen LogP contribution in [0.1, 0.15) is 77.7 Å². The minimum absolute atomic E-state index is 0.0472. The molecule has 4 rings (SSSR count). The molecule has 8 amide bonds. The number of unbranched alkanes of at least 4 members (excludes halogenated alkanes) is 1. The van der Waals surface area contributed by atoms with Gasteiger partial charge in [-0.2, -0.15) is 0 Å². The fraction of sp³-hybridized carbons (Fsp3) is 0.534. The zero-order valence-corrected chi connectivity index (χ0v) is 50.5. The van der Waals surface area contributed by atoms with Crippen LogP contribution < -0.4 is 21.7 Å². The lowest BCUT2D eigenvalue weighted by Crippen LogP contribution is -2.54. The van der Waals surface area contributed by atoms with Gasteiger partial charge in [0.2, 0.25) is 23.6 Å². The van der Waals surface area contributed by atoms with E-state index in [2.05, 4.69) is 16.0 Å². The molecule has 87 heavy (non-hydrogen) atoms. The van der Waals surface area contributed by atoms with Crippen molar-refractivity contribution in [2.24, 2.45) is 11.7 Å². The van der Waals surface area contributed by atoms with Crippen LogP contribution in [0.15, 0.2) is 96.2 Å². The molecule has 28 nitrogen and oxygen atoms in total. The fourth-order valence-corrected chi connectivity index (χ4v) is 8.87. The highest BCUT2D eigenvalue weighted by Gasteiger charge is 2.47. The Hall–Kier alpha value is -7.40. The van der Waals surface area contributed by atoms with Gasteiger partial charge in [0.05, 0.1) is 52.3 Å². The van der Waals surface area contributed by atoms with Crippen molar-refractivity contribution in [1.29, 1.82) is 0 Å². The molecule has 6 atom stereocenters. The Balaban J connectivity index is 1.12. The van der Waals surface area contributed by atoms with E-state index in [0.29, 0.717) is 48.1 Å². The molecule has 1 aliphatic carbocycles. The average molecular weight is 1240 g/mol. The highest BCUT2D eigenvalue weighted by atomic mass is 31.2. The summed E-state index contributed by atoms with van der Waals surface area (Å²) < 4.78 is 48.6. The molecule has 2 aliphatic heterocycles. The van der Waals surface area contributed by atoms with Crippen molar-refractivity contribution in [3.63, 3.8) is 0 Å². The van der Waals surface area contributed by atoms with E-state index in [4.69, 9.17) is 38.7 Å². The van der Waals surface area contributed by atoms with E-state index in [0.717, 1.165) is 0 Å². The standard InChI is InChI=1S/C58H82N7O21P/c1-39(2)51(62-49(68)24-30-80-32-34-82-35-33-81-31-28-65-54(72)44-37-45(44)55(65)73)53(71)61-46(16-10-11-17-48(59)67)52(70)60-41-21-19-40(20-22-41)38-84-57(75)64(5)27-26-63(4)56(74)83-29-12-8-6-7-9-14-42(66)36-47(86-87(77,78)79)58(3,76)25-23-43-15-13-18-50(69)85-43/h6-9,12-14,18-23,25,39,42-43,46-47,51,66,76H,10-11,15-17,24,26-38H2,1-5H3,(H2,59,67)(H,60,70)(H,61,71)(H,62,68)(H2,77,78,79)/b7-6-,12-8-,14-9-,25-23+/t42-,43+,46+,47+,51+,58+/m1/s1. The third-order valence-corrected chi connectivity index (χ3v) is 13.9. The van der Waals surface area contributed by atoms with Gasteiger partial charge in [-0.25, -0.2) is 18.9 Å². The minimum atomic E-state index is -5.10. The number of aliphatic hydroxyl groups excluding tert-OH is 1. The smallest absolute Gasteiger partial charge is 0.455 e. The quantitative estimate of drug-likeness (QED) is 0.00890. The predicted molar refractivity (Wildman–Crippen MR) is 312 cm³/mol. The maximum atomic E-state index is 13.6. The number of rotatable bonds is 40. The number of ether oxygens (including phenoxy) is 6. The van der Waals surface area contributed by atoms with Crippen molar-refractivity contribution in [3.05, 3.63) is 102 Å².